The summed E-state index contributed by atoms with van der Waals surface area (Å²) >= 11 is 1.46. The average molecular weight is 462 g/mol. The fraction of sp³-hybridized carbons (Fsp3) is 0.440. The maximum atomic E-state index is 13.5. The number of pyridine rings is 1. The van der Waals surface area contributed by atoms with Crippen molar-refractivity contribution in [3.63, 3.8) is 0 Å². The van der Waals surface area contributed by atoms with Crippen molar-refractivity contribution in [2.75, 3.05) is 26.2 Å². The molecule has 5 rings (SSSR count). The van der Waals surface area contributed by atoms with E-state index in [1.807, 2.05) is 39.4 Å². The van der Waals surface area contributed by atoms with Crippen LogP contribution in [0.3, 0.4) is 0 Å². The lowest BCUT2D eigenvalue weighted by Gasteiger charge is -2.49. The second kappa shape index (κ2) is 9.36. The maximum Gasteiger partial charge on any atom is 0.266 e. The topological polar surface area (TPSA) is 80.5 Å². The van der Waals surface area contributed by atoms with Gasteiger partial charge in [0.1, 0.15) is 11.6 Å². The SMILES string of the molecule is N#CC1=C(N2CCN(C(=O)c3cccs3)CC2)C2CCCCC2N(Cc2ccncc2)C1=O. The number of fused-ring (bicyclic) bond motifs is 1. The number of nitriles is 1. The van der Waals surface area contributed by atoms with Gasteiger partial charge >= 0.3 is 0 Å². The number of amides is 2. The molecule has 0 spiro atoms. The molecule has 2 atom stereocenters. The van der Waals surface area contributed by atoms with E-state index in [0.717, 1.165) is 41.8 Å². The van der Waals surface area contributed by atoms with Gasteiger partial charge in [0.25, 0.3) is 11.8 Å². The first kappa shape index (κ1) is 21.7. The Kier molecular flexibility index (Phi) is 6.14. The lowest BCUT2D eigenvalue weighted by atomic mass is 9.76. The molecule has 2 aliphatic heterocycles. The van der Waals surface area contributed by atoms with Crippen LogP contribution in [0.5, 0.6) is 0 Å². The second-order valence-corrected chi connectivity index (χ2v) is 9.82. The van der Waals surface area contributed by atoms with Gasteiger partial charge in [-0.05, 0) is 42.0 Å². The van der Waals surface area contributed by atoms with E-state index in [1.165, 1.54) is 11.3 Å². The highest BCUT2D eigenvalue weighted by Crippen LogP contribution is 2.41. The van der Waals surface area contributed by atoms with Gasteiger partial charge in [0, 0.05) is 62.8 Å². The highest BCUT2D eigenvalue weighted by Gasteiger charge is 2.45. The van der Waals surface area contributed by atoms with Crippen LogP contribution >= 0.6 is 11.3 Å². The normalized spacial score (nSPS) is 23.4. The number of carbonyl (C=O) groups is 2. The van der Waals surface area contributed by atoms with E-state index in [9.17, 15) is 14.9 Å². The Labute approximate surface area is 197 Å². The third kappa shape index (κ3) is 4.13. The number of nitrogens with zero attached hydrogens (tertiary/aromatic N) is 5. The molecule has 1 saturated carbocycles. The first-order valence-electron chi connectivity index (χ1n) is 11.6. The van der Waals surface area contributed by atoms with E-state index in [-0.39, 0.29) is 29.3 Å². The third-order valence-electron chi connectivity index (χ3n) is 7.07. The molecule has 0 bridgehead atoms. The molecule has 3 aliphatic rings. The van der Waals surface area contributed by atoms with Gasteiger partial charge in [-0.3, -0.25) is 14.6 Å². The molecule has 8 heteroatoms. The van der Waals surface area contributed by atoms with E-state index in [2.05, 4.69) is 16.0 Å². The van der Waals surface area contributed by atoms with Gasteiger partial charge in [-0.1, -0.05) is 18.9 Å². The van der Waals surface area contributed by atoms with Crippen LogP contribution in [0.2, 0.25) is 0 Å². The molecule has 2 aromatic heterocycles. The summed E-state index contributed by atoms with van der Waals surface area (Å²) < 4.78 is 0. The van der Waals surface area contributed by atoms with E-state index < -0.39 is 0 Å². The fourth-order valence-corrected chi connectivity index (χ4v) is 6.16. The summed E-state index contributed by atoms with van der Waals surface area (Å²) in [5.41, 5.74) is 2.23. The zero-order chi connectivity index (χ0) is 22.8. The minimum absolute atomic E-state index is 0.0675. The quantitative estimate of drug-likeness (QED) is 0.698. The van der Waals surface area contributed by atoms with Crippen LogP contribution in [0.15, 0.2) is 53.3 Å². The third-order valence-corrected chi connectivity index (χ3v) is 7.92. The average Bonchev–Trinajstić information content (AvgIpc) is 3.41. The maximum absolute atomic E-state index is 13.5. The minimum atomic E-state index is -0.162. The lowest BCUT2D eigenvalue weighted by molar-refractivity contribution is -0.133. The molecule has 1 saturated heterocycles. The van der Waals surface area contributed by atoms with E-state index in [0.29, 0.717) is 32.7 Å². The van der Waals surface area contributed by atoms with Crippen molar-refractivity contribution in [1.29, 1.82) is 5.26 Å². The largest absolute Gasteiger partial charge is 0.370 e. The molecule has 2 amide bonds. The number of carbonyl (C=O) groups excluding carboxylic acids is 2. The van der Waals surface area contributed by atoms with Crippen LogP contribution in [0.25, 0.3) is 0 Å². The molecular formula is C25H27N5O2S. The highest BCUT2D eigenvalue weighted by molar-refractivity contribution is 7.12. The second-order valence-electron chi connectivity index (χ2n) is 8.88. The Hall–Kier alpha value is -3.18. The minimum Gasteiger partial charge on any atom is -0.370 e. The molecular weight excluding hydrogens is 434 g/mol. The zero-order valence-corrected chi connectivity index (χ0v) is 19.3. The molecule has 0 N–H and O–H groups in total. The Morgan fingerprint density at radius 2 is 1.88 bits per heavy atom. The van der Waals surface area contributed by atoms with E-state index in [4.69, 9.17) is 0 Å². The van der Waals surface area contributed by atoms with Crippen LogP contribution < -0.4 is 0 Å². The van der Waals surface area contributed by atoms with Crippen molar-refractivity contribution in [3.05, 3.63) is 63.7 Å². The number of piperazine rings is 1. The Morgan fingerprint density at radius 3 is 2.58 bits per heavy atom. The lowest BCUT2D eigenvalue weighted by Crippen LogP contribution is -2.56. The molecule has 2 fully saturated rings. The molecule has 170 valence electrons. The van der Waals surface area contributed by atoms with Crippen LogP contribution in [0.4, 0.5) is 0 Å². The molecule has 7 nitrogen and oxygen atoms in total. The van der Waals surface area contributed by atoms with Gasteiger partial charge in [0.05, 0.1) is 4.88 Å². The number of hydrogen-bond acceptors (Lipinski definition) is 6. The number of hydrogen-bond donors (Lipinski definition) is 0. The number of thiophene rings is 1. The van der Waals surface area contributed by atoms with Crippen molar-refractivity contribution in [2.45, 2.75) is 38.3 Å². The zero-order valence-electron chi connectivity index (χ0n) is 18.5. The van der Waals surface area contributed by atoms with Crippen LogP contribution in [0.1, 0.15) is 40.9 Å². The predicted molar refractivity (Wildman–Crippen MR) is 125 cm³/mol. The van der Waals surface area contributed by atoms with Gasteiger partial charge in [0.15, 0.2) is 0 Å². The summed E-state index contributed by atoms with van der Waals surface area (Å²) in [5, 5.41) is 12.0. The summed E-state index contributed by atoms with van der Waals surface area (Å²) in [6.07, 6.45) is 7.63. The predicted octanol–water partition coefficient (Wildman–Crippen LogP) is 3.28. The van der Waals surface area contributed by atoms with Gasteiger partial charge in [-0.2, -0.15) is 5.26 Å². The van der Waals surface area contributed by atoms with Gasteiger partial charge in [-0.15, -0.1) is 11.3 Å². The summed E-state index contributed by atoms with van der Waals surface area (Å²) in [6.45, 7) is 3.01. The van der Waals surface area contributed by atoms with Crippen molar-refractivity contribution in [3.8, 4) is 6.07 Å². The Balaban J connectivity index is 1.39. The summed E-state index contributed by atoms with van der Waals surface area (Å²) in [6, 6.07) is 9.99. The molecule has 0 aromatic carbocycles. The number of aromatic nitrogens is 1. The molecule has 2 aromatic rings. The first-order valence-corrected chi connectivity index (χ1v) is 12.5. The van der Waals surface area contributed by atoms with Crippen molar-refractivity contribution >= 4 is 23.2 Å². The molecule has 4 heterocycles. The van der Waals surface area contributed by atoms with Gasteiger partial charge in [0.2, 0.25) is 0 Å². The standard InChI is InChI=1S/C25H27N5O2S/c26-16-20-23(28-11-13-29(14-12-28)25(32)22-6-3-15-33-22)19-4-1-2-5-21(19)30(24(20)31)17-18-7-9-27-10-8-18/h3,6-10,15,19,21H,1-2,4-5,11-14,17H2. The van der Waals surface area contributed by atoms with Crippen LogP contribution in [0, 0.1) is 17.2 Å². The summed E-state index contributed by atoms with van der Waals surface area (Å²) in [4.78, 5) is 37.1. The van der Waals surface area contributed by atoms with Crippen LogP contribution in [-0.4, -0.2) is 63.7 Å². The van der Waals surface area contributed by atoms with Crippen molar-refractivity contribution in [1.82, 2.24) is 19.7 Å². The monoisotopic (exact) mass is 461 g/mol. The summed E-state index contributed by atoms with van der Waals surface area (Å²) in [5.74, 6) is 0.0787. The van der Waals surface area contributed by atoms with E-state index >= 15 is 0 Å². The Bertz CT molecular complexity index is 1080. The van der Waals surface area contributed by atoms with Gasteiger partial charge < -0.3 is 14.7 Å². The molecule has 1 aliphatic carbocycles. The van der Waals surface area contributed by atoms with Crippen molar-refractivity contribution < 1.29 is 9.59 Å². The van der Waals surface area contributed by atoms with Crippen LogP contribution in [-0.2, 0) is 11.3 Å². The number of rotatable bonds is 4. The highest BCUT2D eigenvalue weighted by atomic mass is 32.1. The van der Waals surface area contributed by atoms with Crippen molar-refractivity contribution in [2.24, 2.45) is 5.92 Å². The molecule has 0 radical (unpaired) electrons. The smallest absolute Gasteiger partial charge is 0.266 e. The molecule has 33 heavy (non-hydrogen) atoms. The van der Waals surface area contributed by atoms with Gasteiger partial charge in [-0.25, -0.2) is 0 Å². The summed E-state index contributed by atoms with van der Waals surface area (Å²) in [7, 11) is 0. The fourth-order valence-electron chi connectivity index (χ4n) is 5.47. The molecule has 2 unspecified atom stereocenters. The first-order chi connectivity index (χ1) is 16.2. The Morgan fingerprint density at radius 1 is 1.12 bits per heavy atom. The van der Waals surface area contributed by atoms with E-state index in [1.54, 1.807) is 12.4 Å².